The Morgan fingerprint density at radius 1 is 0.513 bits per heavy atom. The Balaban J connectivity index is 4.85. The van der Waals surface area contributed by atoms with Crippen LogP contribution >= 0.6 is 0 Å². The molecule has 2 N–H and O–H groups in total. The lowest BCUT2D eigenvalue weighted by Crippen LogP contribution is -2.45. The molecule has 0 radical (unpaired) electrons. The molecule has 0 saturated carbocycles. The van der Waals surface area contributed by atoms with Crippen LogP contribution in [0.15, 0.2) is 0 Å². The first kappa shape index (κ1) is 36.8. The molecular weight excluding hydrogens is 508 g/mol. The highest BCUT2D eigenvalue weighted by Crippen LogP contribution is 2.14. The highest BCUT2D eigenvalue weighted by Gasteiger charge is 2.30. The predicted octanol–water partition coefficient (Wildman–Crippen LogP) is 3.07. The molecule has 0 fully saturated rings. The van der Waals surface area contributed by atoms with E-state index >= 15 is 0 Å². The Labute approximate surface area is 234 Å². The number of esters is 4. The third-order valence-corrected chi connectivity index (χ3v) is 4.24. The zero-order chi connectivity index (χ0) is 30.7. The Kier molecular flexibility index (Phi) is 14.6. The van der Waals surface area contributed by atoms with Gasteiger partial charge >= 0.3 is 23.9 Å². The Bertz CT molecular complexity index is 734. The van der Waals surface area contributed by atoms with Crippen LogP contribution in [0.5, 0.6) is 0 Å². The van der Waals surface area contributed by atoms with Crippen molar-refractivity contribution in [1.82, 2.24) is 10.6 Å². The number of nitrogens with one attached hydrogen (secondary N) is 2. The minimum Gasteiger partial charge on any atom is -0.460 e. The van der Waals surface area contributed by atoms with Crippen LogP contribution in [-0.2, 0) is 42.9 Å². The van der Waals surface area contributed by atoms with Gasteiger partial charge in [-0.25, -0.2) is 0 Å². The summed E-state index contributed by atoms with van der Waals surface area (Å²) in [6, 6.07) is -1.79. The summed E-state index contributed by atoms with van der Waals surface area (Å²) in [4.78, 5) is 49.8. The molecule has 0 unspecified atom stereocenters. The molecular formula is C28H52N2O9. The molecule has 11 heteroatoms. The number of ether oxygens (including phenoxy) is 5. The molecule has 0 aliphatic heterocycles. The lowest BCUT2D eigenvalue weighted by atomic mass is 10.1. The van der Waals surface area contributed by atoms with Crippen molar-refractivity contribution in [3.05, 3.63) is 0 Å². The molecule has 228 valence electrons. The predicted molar refractivity (Wildman–Crippen MR) is 147 cm³/mol. The van der Waals surface area contributed by atoms with Crippen LogP contribution in [0.1, 0.15) is 95.9 Å². The fourth-order valence-corrected chi connectivity index (χ4v) is 3.04. The summed E-state index contributed by atoms with van der Waals surface area (Å²) in [6.07, 6.45) is -0.369. The number of carbonyl (C=O) groups excluding carboxylic acids is 4. The Morgan fingerprint density at radius 2 is 0.795 bits per heavy atom. The van der Waals surface area contributed by atoms with E-state index < -0.39 is 58.4 Å². The average molecular weight is 561 g/mol. The maximum Gasteiger partial charge on any atom is 0.324 e. The lowest BCUT2D eigenvalue weighted by molar-refractivity contribution is -0.164. The van der Waals surface area contributed by atoms with E-state index in [4.69, 9.17) is 23.7 Å². The Hall–Kier alpha value is -2.24. The molecule has 0 spiro atoms. The van der Waals surface area contributed by atoms with Crippen LogP contribution in [-0.4, -0.2) is 84.7 Å². The highest BCUT2D eigenvalue weighted by molar-refractivity contribution is 5.83. The van der Waals surface area contributed by atoms with E-state index in [2.05, 4.69) is 10.6 Å². The summed E-state index contributed by atoms with van der Waals surface area (Å²) in [7, 11) is 0. The largest absolute Gasteiger partial charge is 0.460 e. The maximum atomic E-state index is 12.6. The van der Waals surface area contributed by atoms with Crippen molar-refractivity contribution in [3.8, 4) is 0 Å². The molecule has 0 rings (SSSR count). The van der Waals surface area contributed by atoms with E-state index in [0.717, 1.165) is 0 Å². The molecule has 0 aromatic heterocycles. The van der Waals surface area contributed by atoms with E-state index in [0.29, 0.717) is 0 Å². The maximum absolute atomic E-state index is 12.6. The molecule has 0 aliphatic rings. The van der Waals surface area contributed by atoms with E-state index in [-0.39, 0.29) is 39.1 Å². The molecule has 11 nitrogen and oxygen atoms in total. The van der Waals surface area contributed by atoms with Gasteiger partial charge in [-0.1, -0.05) is 0 Å². The van der Waals surface area contributed by atoms with Crippen molar-refractivity contribution >= 4 is 23.9 Å². The third-order valence-electron chi connectivity index (χ3n) is 4.24. The van der Waals surface area contributed by atoms with Crippen molar-refractivity contribution in [2.45, 2.75) is 130 Å². The normalized spacial score (nSPS) is 14.3. The van der Waals surface area contributed by atoms with Gasteiger partial charge in [-0.2, -0.15) is 0 Å². The second kappa shape index (κ2) is 15.5. The molecule has 2 atom stereocenters. The summed E-state index contributed by atoms with van der Waals surface area (Å²) in [5.41, 5.74) is -2.77. The van der Waals surface area contributed by atoms with E-state index in [1.165, 1.54) is 0 Å². The van der Waals surface area contributed by atoms with Gasteiger partial charge in [0.1, 0.15) is 34.5 Å². The highest BCUT2D eigenvalue weighted by atomic mass is 16.6. The number of hydrogen-bond acceptors (Lipinski definition) is 11. The number of rotatable bonds is 14. The van der Waals surface area contributed by atoms with E-state index in [1.807, 2.05) is 0 Å². The first-order valence-electron chi connectivity index (χ1n) is 13.4. The Morgan fingerprint density at radius 3 is 1.05 bits per heavy atom. The van der Waals surface area contributed by atoms with Crippen LogP contribution in [0, 0.1) is 0 Å². The van der Waals surface area contributed by atoms with Gasteiger partial charge in [0, 0.05) is 13.1 Å². The average Bonchev–Trinajstić information content (AvgIpc) is 2.65. The quantitative estimate of drug-likeness (QED) is 0.184. The number of hydrogen-bond donors (Lipinski definition) is 2. The van der Waals surface area contributed by atoms with Crippen LogP contribution in [0.2, 0.25) is 0 Å². The molecule has 0 saturated heterocycles. The van der Waals surface area contributed by atoms with E-state index in [9.17, 15) is 19.2 Å². The fourth-order valence-electron chi connectivity index (χ4n) is 3.04. The van der Waals surface area contributed by atoms with Crippen LogP contribution in [0.4, 0.5) is 0 Å². The molecule has 0 aromatic rings. The van der Waals surface area contributed by atoms with Crippen molar-refractivity contribution in [2.24, 2.45) is 0 Å². The molecule has 0 aliphatic carbocycles. The molecule has 0 heterocycles. The fraction of sp³-hybridized carbons (Fsp3) is 0.857. The second-order valence-corrected chi connectivity index (χ2v) is 13.3. The smallest absolute Gasteiger partial charge is 0.324 e. The molecule has 39 heavy (non-hydrogen) atoms. The number of carbonyl (C=O) groups is 4. The summed E-state index contributed by atoms with van der Waals surface area (Å²) in [6.45, 7) is 22.0. The van der Waals surface area contributed by atoms with Crippen molar-refractivity contribution in [2.75, 3.05) is 26.3 Å². The minimum atomic E-state index is -0.897. The summed E-state index contributed by atoms with van der Waals surface area (Å²) >= 11 is 0. The van der Waals surface area contributed by atoms with Gasteiger partial charge in [-0.3, -0.25) is 19.2 Å². The first-order chi connectivity index (χ1) is 17.5. The molecule has 0 amide bonds. The van der Waals surface area contributed by atoms with Crippen LogP contribution in [0.25, 0.3) is 0 Å². The van der Waals surface area contributed by atoms with Crippen LogP contribution < -0.4 is 10.6 Å². The third kappa shape index (κ3) is 21.3. The zero-order valence-electron chi connectivity index (χ0n) is 26.1. The lowest BCUT2D eigenvalue weighted by Gasteiger charge is -2.26. The summed E-state index contributed by atoms with van der Waals surface area (Å²) in [5, 5.41) is 5.99. The van der Waals surface area contributed by atoms with Crippen molar-refractivity contribution < 1.29 is 42.9 Å². The summed E-state index contributed by atoms with van der Waals surface area (Å²) < 4.78 is 27.1. The SMILES string of the molecule is CC(C)(C)OC(=O)C[C@H](NCCOCCN[C@@H](CC(=O)OC(C)(C)C)C(=O)OC(C)(C)C)C(=O)OC(C)(C)C. The summed E-state index contributed by atoms with van der Waals surface area (Å²) in [5.74, 6) is -2.15. The minimum absolute atomic E-state index is 0.185. The van der Waals surface area contributed by atoms with Crippen molar-refractivity contribution in [3.63, 3.8) is 0 Å². The van der Waals surface area contributed by atoms with Crippen LogP contribution in [0.3, 0.4) is 0 Å². The van der Waals surface area contributed by atoms with Gasteiger partial charge in [-0.05, 0) is 83.1 Å². The first-order valence-corrected chi connectivity index (χ1v) is 13.4. The van der Waals surface area contributed by atoms with E-state index in [1.54, 1.807) is 83.1 Å². The zero-order valence-corrected chi connectivity index (χ0v) is 26.1. The topological polar surface area (TPSA) is 138 Å². The monoisotopic (exact) mass is 560 g/mol. The second-order valence-electron chi connectivity index (χ2n) is 13.3. The van der Waals surface area contributed by atoms with Gasteiger partial charge in [0.05, 0.1) is 26.1 Å². The van der Waals surface area contributed by atoms with Crippen molar-refractivity contribution in [1.29, 1.82) is 0 Å². The van der Waals surface area contributed by atoms with Gasteiger partial charge in [0.2, 0.25) is 0 Å². The van der Waals surface area contributed by atoms with Gasteiger partial charge < -0.3 is 34.3 Å². The molecule has 0 aromatic carbocycles. The molecule has 0 bridgehead atoms. The standard InChI is InChI=1S/C28H52N2O9/c1-25(2,3)36-21(31)17-19(23(33)38-27(7,8)9)29-13-15-35-16-14-30-20(24(34)39-28(10,11)12)18-22(32)37-26(4,5)6/h19-20,29-30H,13-18H2,1-12H3/t19-,20-/m0/s1. The van der Waals surface area contributed by atoms with Gasteiger partial charge in [0.25, 0.3) is 0 Å². The van der Waals surface area contributed by atoms with Gasteiger partial charge in [0.15, 0.2) is 0 Å². The van der Waals surface area contributed by atoms with Gasteiger partial charge in [-0.15, -0.1) is 0 Å².